The van der Waals surface area contributed by atoms with Gasteiger partial charge in [-0.15, -0.1) is 0 Å². The monoisotopic (exact) mass is 474 g/mol. The molecular formula is C26H18O5S2. The lowest BCUT2D eigenvalue weighted by Gasteiger charge is -2.08. The standard InChI is InChI=1S/C26H18O5S2/c27-17-19-3-1-5-23(15-19)29-21-7-11-25(12-8-21)32-31-33-26-13-9-22(10-14-26)30-24-6-2-4-20(16-24)18-28/h1-18H. The van der Waals surface area contributed by atoms with Crippen LogP contribution >= 0.6 is 24.1 Å². The van der Waals surface area contributed by atoms with Gasteiger partial charge in [-0.1, -0.05) is 24.3 Å². The molecule has 0 spiro atoms. The molecule has 0 saturated carbocycles. The van der Waals surface area contributed by atoms with Gasteiger partial charge in [-0.2, -0.15) is 0 Å². The Morgan fingerprint density at radius 3 is 1.33 bits per heavy atom. The van der Waals surface area contributed by atoms with Crippen LogP contribution < -0.4 is 9.47 Å². The molecule has 0 amide bonds. The Labute approximate surface area is 200 Å². The van der Waals surface area contributed by atoms with E-state index >= 15 is 0 Å². The topological polar surface area (TPSA) is 61.8 Å². The number of aldehydes is 2. The van der Waals surface area contributed by atoms with Gasteiger partial charge < -0.3 is 9.47 Å². The van der Waals surface area contributed by atoms with Crippen molar-refractivity contribution in [2.45, 2.75) is 9.79 Å². The maximum absolute atomic E-state index is 10.9. The van der Waals surface area contributed by atoms with Crippen LogP contribution in [-0.4, -0.2) is 12.6 Å². The van der Waals surface area contributed by atoms with Crippen molar-refractivity contribution in [3.8, 4) is 23.0 Å². The second-order valence-corrected chi connectivity index (χ2v) is 8.58. The molecule has 0 unspecified atom stereocenters. The minimum atomic E-state index is 0.566. The summed E-state index contributed by atoms with van der Waals surface area (Å²) in [6.07, 6.45) is 1.58. The molecule has 164 valence electrons. The molecule has 7 heteroatoms. The van der Waals surface area contributed by atoms with Crippen LogP contribution in [0.15, 0.2) is 107 Å². The van der Waals surface area contributed by atoms with Crippen molar-refractivity contribution in [2.75, 3.05) is 0 Å². The fourth-order valence-electron chi connectivity index (χ4n) is 2.80. The highest BCUT2D eigenvalue weighted by molar-refractivity contribution is 8.07. The van der Waals surface area contributed by atoms with Crippen molar-refractivity contribution in [2.24, 2.45) is 0 Å². The van der Waals surface area contributed by atoms with Gasteiger partial charge >= 0.3 is 0 Å². The SMILES string of the molecule is O=Cc1cccc(Oc2ccc(SOSc3ccc(Oc4cccc(C=O)c4)cc3)cc2)c1. The third kappa shape index (κ3) is 6.73. The quantitative estimate of drug-likeness (QED) is 0.173. The van der Waals surface area contributed by atoms with E-state index in [4.69, 9.17) is 13.1 Å². The number of carbonyl (C=O) groups excluding carboxylic acids is 2. The molecule has 0 radical (unpaired) electrons. The van der Waals surface area contributed by atoms with Gasteiger partial charge in [-0.05, 0) is 72.8 Å². The van der Waals surface area contributed by atoms with Crippen molar-refractivity contribution in [1.82, 2.24) is 0 Å². The van der Waals surface area contributed by atoms with Gasteiger partial charge in [0.1, 0.15) is 35.6 Å². The molecule has 33 heavy (non-hydrogen) atoms. The summed E-state index contributed by atoms with van der Waals surface area (Å²) in [7, 11) is 0. The van der Waals surface area contributed by atoms with Gasteiger partial charge in [0.05, 0.1) is 0 Å². The Morgan fingerprint density at radius 1 is 0.515 bits per heavy atom. The number of benzene rings is 4. The predicted octanol–water partition coefficient (Wildman–Crippen LogP) is 7.63. The Kier molecular flexibility index (Phi) is 7.81. The molecule has 0 bridgehead atoms. The second-order valence-electron chi connectivity index (χ2n) is 6.76. The molecule has 5 nitrogen and oxygen atoms in total. The molecule has 0 aliphatic rings. The zero-order valence-electron chi connectivity index (χ0n) is 17.3. The van der Waals surface area contributed by atoms with Crippen molar-refractivity contribution in [3.63, 3.8) is 0 Å². The third-order valence-electron chi connectivity index (χ3n) is 4.37. The van der Waals surface area contributed by atoms with E-state index in [-0.39, 0.29) is 0 Å². The zero-order valence-corrected chi connectivity index (χ0v) is 18.9. The molecule has 0 heterocycles. The molecule has 0 saturated heterocycles. The lowest BCUT2D eigenvalue weighted by molar-refractivity contribution is 0.111. The van der Waals surface area contributed by atoms with Gasteiger partial charge in [-0.25, -0.2) is 3.63 Å². The zero-order chi connectivity index (χ0) is 22.9. The van der Waals surface area contributed by atoms with Crippen LogP contribution in [0.2, 0.25) is 0 Å². The number of hydrogen-bond acceptors (Lipinski definition) is 7. The van der Waals surface area contributed by atoms with Crippen LogP contribution in [-0.2, 0) is 3.63 Å². The van der Waals surface area contributed by atoms with Crippen molar-refractivity contribution < 1.29 is 22.7 Å². The summed E-state index contributed by atoms with van der Waals surface area (Å²) in [6.45, 7) is 0. The van der Waals surface area contributed by atoms with E-state index in [1.54, 1.807) is 48.5 Å². The number of ether oxygens (including phenoxy) is 2. The average Bonchev–Trinajstić information content (AvgIpc) is 2.86. The maximum atomic E-state index is 10.9. The number of carbonyl (C=O) groups is 2. The highest BCUT2D eigenvalue weighted by Crippen LogP contribution is 2.33. The van der Waals surface area contributed by atoms with E-state index in [1.165, 1.54) is 24.1 Å². The second kappa shape index (κ2) is 11.4. The third-order valence-corrected chi connectivity index (χ3v) is 5.84. The molecule has 0 aliphatic heterocycles. The van der Waals surface area contributed by atoms with Gasteiger partial charge in [-0.3, -0.25) is 9.59 Å². The van der Waals surface area contributed by atoms with Gasteiger partial charge in [0.25, 0.3) is 0 Å². The van der Waals surface area contributed by atoms with E-state index in [1.807, 2.05) is 48.5 Å². The Bertz CT molecular complexity index is 1130. The van der Waals surface area contributed by atoms with E-state index in [9.17, 15) is 9.59 Å². The Balaban J connectivity index is 1.25. The van der Waals surface area contributed by atoms with Crippen molar-refractivity contribution in [1.29, 1.82) is 0 Å². The Morgan fingerprint density at radius 2 is 0.939 bits per heavy atom. The normalized spacial score (nSPS) is 10.4. The predicted molar refractivity (Wildman–Crippen MR) is 129 cm³/mol. The van der Waals surface area contributed by atoms with Crippen LogP contribution in [0.1, 0.15) is 20.7 Å². The number of hydrogen-bond donors (Lipinski definition) is 0. The fourth-order valence-corrected chi connectivity index (χ4v) is 4.06. The van der Waals surface area contributed by atoms with E-state index < -0.39 is 0 Å². The minimum Gasteiger partial charge on any atom is -0.457 e. The average molecular weight is 475 g/mol. The summed E-state index contributed by atoms with van der Waals surface area (Å²) in [5.41, 5.74) is 1.13. The van der Waals surface area contributed by atoms with Gasteiger partial charge in [0.15, 0.2) is 0 Å². The van der Waals surface area contributed by atoms with Crippen LogP contribution in [0.3, 0.4) is 0 Å². The molecule has 4 rings (SSSR count). The first kappa shape index (κ1) is 22.7. The van der Waals surface area contributed by atoms with Crippen LogP contribution in [0, 0.1) is 0 Å². The summed E-state index contributed by atoms with van der Waals surface area (Å²) in [6, 6.07) is 28.9. The number of rotatable bonds is 10. The summed E-state index contributed by atoms with van der Waals surface area (Å²) >= 11 is 2.49. The van der Waals surface area contributed by atoms with Crippen molar-refractivity contribution >= 4 is 36.7 Å². The lowest BCUT2D eigenvalue weighted by Crippen LogP contribution is -1.86. The largest absolute Gasteiger partial charge is 0.457 e. The summed E-state index contributed by atoms with van der Waals surface area (Å²) < 4.78 is 17.2. The summed E-state index contributed by atoms with van der Waals surface area (Å²) in [4.78, 5) is 23.6. The lowest BCUT2D eigenvalue weighted by atomic mass is 10.2. The van der Waals surface area contributed by atoms with Gasteiger partial charge in [0.2, 0.25) is 0 Å². The van der Waals surface area contributed by atoms with Crippen molar-refractivity contribution in [3.05, 3.63) is 108 Å². The molecule has 4 aromatic rings. The first-order valence-electron chi connectivity index (χ1n) is 9.89. The summed E-state index contributed by atoms with van der Waals surface area (Å²) in [5.74, 6) is 2.56. The summed E-state index contributed by atoms with van der Waals surface area (Å²) in [5, 5.41) is 0. The molecule has 0 aromatic heterocycles. The highest BCUT2D eigenvalue weighted by atomic mass is 32.2. The van der Waals surface area contributed by atoms with E-state index in [2.05, 4.69) is 0 Å². The van der Waals surface area contributed by atoms with Crippen LogP contribution in [0.4, 0.5) is 0 Å². The molecule has 0 N–H and O–H groups in total. The smallest absolute Gasteiger partial charge is 0.150 e. The molecule has 4 aromatic carbocycles. The van der Waals surface area contributed by atoms with E-state index in [0.29, 0.717) is 34.1 Å². The van der Waals surface area contributed by atoms with Crippen LogP contribution in [0.25, 0.3) is 0 Å². The van der Waals surface area contributed by atoms with E-state index in [0.717, 1.165) is 22.4 Å². The minimum absolute atomic E-state index is 0.566. The first-order valence-corrected chi connectivity index (χ1v) is 11.4. The molecule has 0 atom stereocenters. The molecular weight excluding hydrogens is 456 g/mol. The van der Waals surface area contributed by atoms with Gasteiger partial charge in [0, 0.05) is 45.0 Å². The highest BCUT2D eigenvalue weighted by Gasteiger charge is 2.03. The van der Waals surface area contributed by atoms with Crippen LogP contribution in [0.5, 0.6) is 23.0 Å². The molecule has 0 fully saturated rings. The Hall–Kier alpha value is -3.52. The fraction of sp³-hybridized carbons (Fsp3) is 0. The molecule has 0 aliphatic carbocycles. The first-order chi connectivity index (χ1) is 16.2. The maximum Gasteiger partial charge on any atom is 0.150 e.